The van der Waals surface area contributed by atoms with Crippen LogP contribution >= 0.6 is 11.3 Å². The van der Waals surface area contributed by atoms with Crippen molar-refractivity contribution in [1.29, 1.82) is 0 Å². The Morgan fingerprint density at radius 1 is 1.05 bits per heavy atom. The van der Waals surface area contributed by atoms with Crippen molar-refractivity contribution < 1.29 is 0 Å². The van der Waals surface area contributed by atoms with Gasteiger partial charge in [-0.1, -0.05) is 0 Å². The van der Waals surface area contributed by atoms with Gasteiger partial charge in [0, 0.05) is 38.4 Å². The summed E-state index contributed by atoms with van der Waals surface area (Å²) >= 11 is 1.60. The topological polar surface area (TPSA) is 45.2 Å². The first kappa shape index (κ1) is 12.2. The van der Waals surface area contributed by atoms with Crippen molar-refractivity contribution in [3.63, 3.8) is 0 Å². The molecule has 5 nitrogen and oxygen atoms in total. The summed E-state index contributed by atoms with van der Waals surface area (Å²) in [5, 5.41) is 8.83. The number of anilines is 1. The molecule has 0 aromatic carbocycles. The highest BCUT2D eigenvalue weighted by molar-refractivity contribution is 7.13. The Hall–Kier alpha value is -1.53. The minimum Gasteiger partial charge on any atom is -0.351 e. The van der Waals surface area contributed by atoms with Gasteiger partial charge in [0.15, 0.2) is 5.82 Å². The fourth-order valence-electron chi connectivity index (χ4n) is 3.14. The molecule has 3 aliphatic heterocycles. The van der Waals surface area contributed by atoms with Crippen LogP contribution in [0.4, 0.5) is 5.82 Å². The van der Waals surface area contributed by atoms with Gasteiger partial charge in [0.2, 0.25) is 0 Å². The van der Waals surface area contributed by atoms with Gasteiger partial charge in [0.05, 0.1) is 10.4 Å². The SMILES string of the molecule is c1ncc(-c2ccc(N3CCN4CCC3CC4)nn2)s1. The number of hydrogen-bond acceptors (Lipinski definition) is 6. The van der Waals surface area contributed by atoms with Gasteiger partial charge in [-0.05, 0) is 25.0 Å². The van der Waals surface area contributed by atoms with Crippen molar-refractivity contribution in [2.75, 3.05) is 31.1 Å². The maximum Gasteiger partial charge on any atom is 0.151 e. The summed E-state index contributed by atoms with van der Waals surface area (Å²) < 4.78 is 0. The van der Waals surface area contributed by atoms with Crippen LogP contribution in [0.5, 0.6) is 0 Å². The Balaban J connectivity index is 1.59. The van der Waals surface area contributed by atoms with Crippen molar-refractivity contribution in [2.45, 2.75) is 18.9 Å². The van der Waals surface area contributed by atoms with Crippen molar-refractivity contribution in [3.8, 4) is 10.6 Å². The second-order valence-electron chi connectivity index (χ2n) is 5.41. The van der Waals surface area contributed by atoms with Crippen molar-refractivity contribution in [1.82, 2.24) is 20.1 Å². The van der Waals surface area contributed by atoms with E-state index in [1.807, 2.05) is 11.7 Å². The molecule has 2 bridgehead atoms. The van der Waals surface area contributed by atoms with Crippen LogP contribution in [-0.2, 0) is 0 Å². The molecule has 0 N–H and O–H groups in total. The Labute approximate surface area is 122 Å². The first-order valence-electron chi connectivity index (χ1n) is 7.12. The molecule has 3 saturated heterocycles. The second kappa shape index (κ2) is 5.10. The quantitative estimate of drug-likeness (QED) is 0.844. The van der Waals surface area contributed by atoms with E-state index in [4.69, 9.17) is 0 Å². The second-order valence-corrected chi connectivity index (χ2v) is 6.30. The first-order chi connectivity index (χ1) is 9.90. The summed E-state index contributed by atoms with van der Waals surface area (Å²) in [6.07, 6.45) is 4.34. The molecule has 0 saturated carbocycles. The van der Waals surface area contributed by atoms with E-state index >= 15 is 0 Å². The zero-order valence-electron chi connectivity index (χ0n) is 11.3. The van der Waals surface area contributed by atoms with Crippen LogP contribution in [-0.4, -0.2) is 52.3 Å². The predicted octanol–water partition coefficient (Wildman–Crippen LogP) is 1.88. The third-order valence-electron chi connectivity index (χ3n) is 4.28. The molecule has 104 valence electrons. The minimum atomic E-state index is 0.636. The van der Waals surface area contributed by atoms with Gasteiger partial charge >= 0.3 is 0 Å². The van der Waals surface area contributed by atoms with E-state index in [9.17, 15) is 0 Å². The maximum absolute atomic E-state index is 4.45. The third-order valence-corrected chi connectivity index (χ3v) is 5.08. The lowest BCUT2D eigenvalue weighted by Gasteiger charge is -2.31. The molecular weight excluding hydrogens is 270 g/mol. The lowest BCUT2D eigenvalue weighted by molar-refractivity contribution is 0.250. The average molecular weight is 287 g/mol. The zero-order valence-corrected chi connectivity index (χ0v) is 12.1. The molecule has 6 heteroatoms. The van der Waals surface area contributed by atoms with Crippen LogP contribution in [0.15, 0.2) is 23.8 Å². The van der Waals surface area contributed by atoms with Crippen LogP contribution in [0.3, 0.4) is 0 Å². The zero-order chi connectivity index (χ0) is 13.4. The van der Waals surface area contributed by atoms with Gasteiger partial charge in [-0.25, -0.2) is 0 Å². The molecule has 2 aromatic rings. The largest absolute Gasteiger partial charge is 0.351 e. The highest BCUT2D eigenvalue weighted by Crippen LogP contribution is 2.26. The van der Waals surface area contributed by atoms with Gasteiger partial charge in [0.25, 0.3) is 0 Å². The van der Waals surface area contributed by atoms with Gasteiger partial charge in [-0.15, -0.1) is 21.5 Å². The molecule has 20 heavy (non-hydrogen) atoms. The first-order valence-corrected chi connectivity index (χ1v) is 8.00. The molecule has 0 amide bonds. The van der Waals surface area contributed by atoms with E-state index < -0.39 is 0 Å². The van der Waals surface area contributed by atoms with Crippen molar-refractivity contribution in [3.05, 3.63) is 23.8 Å². The molecule has 0 unspecified atom stereocenters. The molecule has 0 aliphatic carbocycles. The Bertz CT molecular complexity index is 560. The molecule has 3 fully saturated rings. The summed E-state index contributed by atoms with van der Waals surface area (Å²) in [6.45, 7) is 4.68. The molecule has 0 spiro atoms. The van der Waals surface area contributed by atoms with E-state index in [2.05, 4.69) is 37.1 Å². The highest BCUT2D eigenvalue weighted by Gasteiger charge is 2.29. The van der Waals surface area contributed by atoms with E-state index in [0.29, 0.717) is 6.04 Å². The number of aromatic nitrogens is 3. The fraction of sp³-hybridized carbons (Fsp3) is 0.500. The van der Waals surface area contributed by atoms with E-state index in [-0.39, 0.29) is 0 Å². The number of nitrogens with zero attached hydrogens (tertiary/aromatic N) is 5. The molecular formula is C14H17N5S. The average Bonchev–Trinajstić information content (AvgIpc) is 2.88. The number of fused-ring (bicyclic) bond motifs is 4. The third kappa shape index (κ3) is 2.19. The van der Waals surface area contributed by atoms with Gasteiger partial charge in [0.1, 0.15) is 5.69 Å². The van der Waals surface area contributed by atoms with Gasteiger partial charge < -0.3 is 9.80 Å². The Morgan fingerprint density at radius 3 is 2.65 bits per heavy atom. The summed E-state index contributed by atoms with van der Waals surface area (Å²) in [5.74, 6) is 1.02. The number of thiazole rings is 1. The van der Waals surface area contributed by atoms with Gasteiger partial charge in [-0.3, -0.25) is 4.98 Å². The molecule has 0 radical (unpaired) electrons. The van der Waals surface area contributed by atoms with Crippen molar-refractivity contribution >= 4 is 17.2 Å². The van der Waals surface area contributed by atoms with Gasteiger partial charge in [-0.2, -0.15) is 0 Å². The van der Waals surface area contributed by atoms with Crippen LogP contribution in [0.25, 0.3) is 10.6 Å². The van der Waals surface area contributed by atoms with E-state index in [0.717, 1.165) is 29.5 Å². The monoisotopic (exact) mass is 287 g/mol. The normalized spacial score (nSPS) is 25.7. The van der Waals surface area contributed by atoms with Crippen LogP contribution < -0.4 is 4.90 Å². The predicted molar refractivity (Wildman–Crippen MR) is 79.9 cm³/mol. The molecule has 3 aliphatic rings. The molecule has 5 rings (SSSR count). The summed E-state index contributed by atoms with van der Waals surface area (Å²) in [4.78, 5) is 10.2. The summed E-state index contributed by atoms with van der Waals surface area (Å²) in [5.41, 5.74) is 2.74. The Kier molecular flexibility index (Phi) is 3.12. The lowest BCUT2D eigenvalue weighted by Crippen LogP contribution is -2.38. The number of hydrogen-bond donors (Lipinski definition) is 0. The van der Waals surface area contributed by atoms with Crippen LogP contribution in [0.1, 0.15) is 12.8 Å². The summed E-state index contributed by atoms with van der Waals surface area (Å²) in [6, 6.07) is 4.81. The van der Waals surface area contributed by atoms with E-state index in [1.165, 1.54) is 25.9 Å². The molecule has 0 atom stereocenters. The smallest absolute Gasteiger partial charge is 0.151 e. The van der Waals surface area contributed by atoms with Crippen LogP contribution in [0, 0.1) is 0 Å². The number of piperidine rings is 1. The molecule has 2 aromatic heterocycles. The number of rotatable bonds is 2. The van der Waals surface area contributed by atoms with Crippen LogP contribution in [0.2, 0.25) is 0 Å². The van der Waals surface area contributed by atoms with E-state index in [1.54, 1.807) is 11.3 Å². The molecule has 5 heterocycles. The maximum atomic E-state index is 4.45. The lowest BCUT2D eigenvalue weighted by atomic mass is 10.1. The summed E-state index contributed by atoms with van der Waals surface area (Å²) in [7, 11) is 0. The fourth-order valence-corrected chi connectivity index (χ4v) is 3.73. The van der Waals surface area contributed by atoms with Crippen molar-refractivity contribution in [2.24, 2.45) is 0 Å². The highest BCUT2D eigenvalue weighted by atomic mass is 32.1. The standard InChI is InChI=1S/C14H17N5S/c1-2-14(17-16-12(1)13-9-15-10-20-13)19-8-7-18-5-3-11(19)4-6-18/h1-2,9-11H,3-8H2. The Morgan fingerprint density at radius 2 is 1.95 bits per heavy atom. The minimum absolute atomic E-state index is 0.636.